The van der Waals surface area contributed by atoms with E-state index >= 15 is 0 Å². The van der Waals surface area contributed by atoms with Crippen LogP contribution in [0.3, 0.4) is 0 Å². The third-order valence-electron chi connectivity index (χ3n) is 3.17. The fourth-order valence-corrected chi connectivity index (χ4v) is 3.03. The topological polar surface area (TPSA) is 87.1 Å². The number of hydrogen-bond acceptors (Lipinski definition) is 7. The van der Waals surface area contributed by atoms with Crippen molar-refractivity contribution in [1.82, 2.24) is 15.1 Å². The highest BCUT2D eigenvalue weighted by atomic mass is 32.1. The minimum atomic E-state index is 0.436. The van der Waals surface area contributed by atoms with Gasteiger partial charge in [0.2, 0.25) is 0 Å². The number of aryl methyl sites for hydroxylation is 1. The van der Waals surface area contributed by atoms with Gasteiger partial charge in [-0.3, -0.25) is 0 Å². The lowest BCUT2D eigenvalue weighted by molar-refractivity contribution is 0.185. The maximum absolute atomic E-state index is 5.59. The molecule has 7 heteroatoms. The molecule has 0 aliphatic carbocycles. The van der Waals surface area contributed by atoms with E-state index in [0.29, 0.717) is 18.4 Å². The quantitative estimate of drug-likeness (QED) is 0.914. The smallest absolute Gasteiger partial charge is 0.269 e. The Hall–Kier alpha value is -1.31. The Kier molecular flexibility index (Phi) is 3.58. The van der Waals surface area contributed by atoms with Crippen molar-refractivity contribution in [2.24, 2.45) is 11.7 Å². The number of aromatic nitrogens is 3. The number of rotatable bonds is 4. The molecule has 0 bridgehead atoms. The van der Waals surface area contributed by atoms with Crippen LogP contribution in [-0.2, 0) is 17.7 Å². The molecule has 2 N–H and O–H groups in total. The molecule has 0 spiro atoms. The van der Waals surface area contributed by atoms with Gasteiger partial charge in [-0.1, -0.05) is 5.16 Å². The van der Waals surface area contributed by atoms with Crippen LogP contribution in [0, 0.1) is 12.8 Å². The van der Waals surface area contributed by atoms with Gasteiger partial charge in [0.25, 0.3) is 5.89 Å². The third-order valence-corrected chi connectivity index (χ3v) is 4.34. The van der Waals surface area contributed by atoms with Crippen molar-refractivity contribution in [2.75, 3.05) is 13.2 Å². The lowest BCUT2D eigenvalue weighted by atomic mass is 10.1. The van der Waals surface area contributed by atoms with Gasteiger partial charge in [-0.15, -0.1) is 11.3 Å². The summed E-state index contributed by atoms with van der Waals surface area (Å²) in [6, 6.07) is 0. The van der Waals surface area contributed by atoms with Gasteiger partial charge < -0.3 is 15.0 Å². The van der Waals surface area contributed by atoms with Crippen LogP contribution in [0.15, 0.2) is 4.52 Å². The van der Waals surface area contributed by atoms with Crippen molar-refractivity contribution >= 4 is 11.3 Å². The maximum Gasteiger partial charge on any atom is 0.269 e. The molecule has 0 radical (unpaired) electrons. The van der Waals surface area contributed by atoms with E-state index in [1.165, 1.54) is 11.3 Å². The van der Waals surface area contributed by atoms with Crippen molar-refractivity contribution in [1.29, 1.82) is 0 Å². The number of nitrogens with two attached hydrogens (primary N) is 1. The molecule has 102 valence electrons. The first-order valence-electron chi connectivity index (χ1n) is 6.33. The van der Waals surface area contributed by atoms with Gasteiger partial charge in [0, 0.05) is 26.2 Å². The van der Waals surface area contributed by atoms with Crippen LogP contribution < -0.4 is 5.73 Å². The fraction of sp³-hybridized carbons (Fsp3) is 0.583. The lowest BCUT2D eigenvalue weighted by Crippen LogP contribution is -2.04. The van der Waals surface area contributed by atoms with E-state index in [2.05, 4.69) is 15.1 Å². The summed E-state index contributed by atoms with van der Waals surface area (Å²) in [5.41, 5.74) is 6.48. The second-order valence-electron chi connectivity index (χ2n) is 4.68. The number of ether oxygens (including phenoxy) is 1. The highest BCUT2D eigenvalue weighted by Gasteiger charge is 2.21. The normalized spacial score (nSPS) is 19.2. The molecule has 1 aliphatic heterocycles. The molecule has 1 unspecified atom stereocenters. The molecule has 1 atom stereocenters. The highest BCUT2D eigenvalue weighted by molar-refractivity contribution is 7.15. The maximum atomic E-state index is 5.59. The number of nitrogens with zero attached hydrogens (tertiary/aromatic N) is 3. The first kappa shape index (κ1) is 12.7. The molecular formula is C12H16N4O2S. The average molecular weight is 280 g/mol. The summed E-state index contributed by atoms with van der Waals surface area (Å²) in [5.74, 6) is 1.80. The van der Waals surface area contributed by atoms with E-state index < -0.39 is 0 Å². The summed E-state index contributed by atoms with van der Waals surface area (Å²) in [7, 11) is 0. The molecule has 2 aromatic heterocycles. The van der Waals surface area contributed by atoms with Gasteiger partial charge >= 0.3 is 0 Å². The Labute approximate surface area is 115 Å². The zero-order chi connectivity index (χ0) is 13.2. The molecule has 0 amide bonds. The summed E-state index contributed by atoms with van der Waals surface area (Å²) in [6.07, 6.45) is 1.88. The molecule has 3 heterocycles. The summed E-state index contributed by atoms with van der Waals surface area (Å²) in [4.78, 5) is 9.73. The van der Waals surface area contributed by atoms with Crippen LogP contribution in [0.25, 0.3) is 10.8 Å². The van der Waals surface area contributed by atoms with E-state index in [1.807, 2.05) is 6.92 Å². The molecule has 3 rings (SSSR count). The zero-order valence-electron chi connectivity index (χ0n) is 10.8. The monoisotopic (exact) mass is 280 g/mol. The molecular weight excluding hydrogens is 264 g/mol. The van der Waals surface area contributed by atoms with Crippen molar-refractivity contribution in [2.45, 2.75) is 26.3 Å². The first-order chi connectivity index (χ1) is 9.26. The van der Waals surface area contributed by atoms with E-state index in [0.717, 1.165) is 47.5 Å². The SMILES string of the molecule is Cc1nc(CN)sc1-c1nc(CC2CCOC2)no1. The molecule has 1 aliphatic rings. The van der Waals surface area contributed by atoms with Crippen LogP contribution in [0.4, 0.5) is 0 Å². The van der Waals surface area contributed by atoms with Gasteiger partial charge in [0.1, 0.15) is 9.88 Å². The Morgan fingerprint density at radius 2 is 2.32 bits per heavy atom. The van der Waals surface area contributed by atoms with E-state index in [1.54, 1.807) is 0 Å². The molecule has 0 aromatic carbocycles. The van der Waals surface area contributed by atoms with E-state index in [4.69, 9.17) is 15.0 Å². The molecule has 6 nitrogen and oxygen atoms in total. The molecule has 0 saturated carbocycles. The van der Waals surface area contributed by atoms with Crippen LogP contribution in [0.5, 0.6) is 0 Å². The minimum absolute atomic E-state index is 0.436. The lowest BCUT2D eigenvalue weighted by Gasteiger charge is -2.00. The number of hydrogen-bond donors (Lipinski definition) is 1. The van der Waals surface area contributed by atoms with Crippen molar-refractivity contribution in [3.63, 3.8) is 0 Å². The van der Waals surface area contributed by atoms with Crippen LogP contribution in [-0.4, -0.2) is 28.3 Å². The Bertz CT molecular complexity index is 560. The summed E-state index contributed by atoms with van der Waals surface area (Å²) in [6.45, 7) is 4.00. The van der Waals surface area contributed by atoms with Crippen LogP contribution in [0.2, 0.25) is 0 Å². The fourth-order valence-electron chi connectivity index (χ4n) is 2.17. The van der Waals surface area contributed by atoms with E-state index in [9.17, 15) is 0 Å². The molecule has 1 saturated heterocycles. The first-order valence-corrected chi connectivity index (χ1v) is 7.15. The Morgan fingerprint density at radius 3 is 3.00 bits per heavy atom. The Morgan fingerprint density at radius 1 is 1.42 bits per heavy atom. The zero-order valence-corrected chi connectivity index (χ0v) is 11.6. The predicted octanol–water partition coefficient (Wildman–Crippen LogP) is 1.54. The molecule has 2 aromatic rings. The van der Waals surface area contributed by atoms with Crippen LogP contribution in [0.1, 0.15) is 22.9 Å². The second-order valence-corrected chi connectivity index (χ2v) is 5.76. The summed E-state index contributed by atoms with van der Waals surface area (Å²) < 4.78 is 10.7. The third kappa shape index (κ3) is 2.68. The average Bonchev–Trinajstić information content (AvgIpc) is 3.10. The van der Waals surface area contributed by atoms with Crippen molar-refractivity contribution < 1.29 is 9.26 Å². The molecule has 1 fully saturated rings. The van der Waals surface area contributed by atoms with E-state index in [-0.39, 0.29) is 0 Å². The Balaban J connectivity index is 1.77. The molecule has 19 heavy (non-hydrogen) atoms. The number of thiazole rings is 1. The largest absolute Gasteiger partial charge is 0.381 e. The standard InChI is InChI=1S/C12H16N4O2S/c1-7-11(19-10(5-13)14-7)12-15-9(16-18-12)4-8-2-3-17-6-8/h8H,2-6,13H2,1H3. The van der Waals surface area contributed by atoms with Gasteiger partial charge in [-0.25, -0.2) is 4.98 Å². The van der Waals surface area contributed by atoms with Crippen molar-refractivity contribution in [3.8, 4) is 10.8 Å². The summed E-state index contributed by atoms with van der Waals surface area (Å²) >= 11 is 1.51. The van der Waals surface area contributed by atoms with Crippen LogP contribution >= 0.6 is 11.3 Å². The predicted molar refractivity (Wildman–Crippen MR) is 70.7 cm³/mol. The van der Waals surface area contributed by atoms with Gasteiger partial charge in [-0.05, 0) is 19.3 Å². The van der Waals surface area contributed by atoms with Gasteiger partial charge in [0.05, 0.1) is 5.69 Å². The van der Waals surface area contributed by atoms with Gasteiger partial charge in [0.15, 0.2) is 5.82 Å². The summed E-state index contributed by atoms with van der Waals surface area (Å²) in [5, 5.41) is 4.92. The second kappa shape index (κ2) is 5.36. The highest BCUT2D eigenvalue weighted by Crippen LogP contribution is 2.29. The van der Waals surface area contributed by atoms with Gasteiger partial charge in [-0.2, -0.15) is 4.98 Å². The van der Waals surface area contributed by atoms with Crippen molar-refractivity contribution in [3.05, 3.63) is 16.5 Å². The minimum Gasteiger partial charge on any atom is -0.381 e.